The Labute approximate surface area is 77.3 Å². The SMILES string of the molecule is CN/C=C\c1cc(N)ccc1C=O. The molecule has 1 rings (SSSR count). The van der Waals surface area contributed by atoms with Gasteiger partial charge in [-0.3, -0.25) is 4.79 Å². The topological polar surface area (TPSA) is 55.1 Å². The predicted octanol–water partition coefficient (Wildman–Crippen LogP) is 1.27. The Kier molecular flexibility index (Phi) is 3.09. The minimum absolute atomic E-state index is 0.640. The van der Waals surface area contributed by atoms with Crippen molar-refractivity contribution in [2.45, 2.75) is 0 Å². The number of carbonyl (C=O) groups is 1. The molecule has 0 saturated carbocycles. The Morgan fingerprint density at radius 2 is 2.15 bits per heavy atom. The Hall–Kier alpha value is -1.77. The van der Waals surface area contributed by atoms with Gasteiger partial charge in [0.05, 0.1) is 0 Å². The summed E-state index contributed by atoms with van der Waals surface area (Å²) in [5.74, 6) is 0. The maximum Gasteiger partial charge on any atom is 0.150 e. The highest BCUT2D eigenvalue weighted by molar-refractivity contribution is 5.83. The van der Waals surface area contributed by atoms with Crippen LogP contribution >= 0.6 is 0 Å². The zero-order valence-electron chi connectivity index (χ0n) is 7.45. The summed E-state index contributed by atoms with van der Waals surface area (Å²) in [4.78, 5) is 10.6. The summed E-state index contributed by atoms with van der Waals surface area (Å²) in [5, 5.41) is 2.85. The molecule has 68 valence electrons. The van der Waals surface area contributed by atoms with Crippen molar-refractivity contribution in [2.24, 2.45) is 0 Å². The first-order valence-corrected chi connectivity index (χ1v) is 3.96. The van der Waals surface area contributed by atoms with Crippen LogP contribution in [0.25, 0.3) is 6.08 Å². The average Bonchev–Trinajstić information content (AvgIpc) is 2.15. The number of nitrogens with two attached hydrogens (primary N) is 1. The second kappa shape index (κ2) is 4.30. The van der Waals surface area contributed by atoms with Crippen LogP contribution in [0.1, 0.15) is 15.9 Å². The molecule has 0 aliphatic heterocycles. The van der Waals surface area contributed by atoms with Gasteiger partial charge < -0.3 is 11.1 Å². The first-order valence-electron chi connectivity index (χ1n) is 3.96. The maximum atomic E-state index is 10.6. The lowest BCUT2D eigenvalue weighted by molar-refractivity contribution is 0.112. The van der Waals surface area contributed by atoms with Crippen molar-refractivity contribution >= 4 is 18.0 Å². The number of aldehydes is 1. The number of carbonyl (C=O) groups excluding carboxylic acids is 1. The molecular weight excluding hydrogens is 164 g/mol. The minimum Gasteiger partial charge on any atom is -0.399 e. The lowest BCUT2D eigenvalue weighted by atomic mass is 10.1. The lowest BCUT2D eigenvalue weighted by Crippen LogP contribution is -1.94. The fraction of sp³-hybridized carbons (Fsp3) is 0.100. The molecule has 0 aliphatic rings. The first kappa shape index (κ1) is 9.32. The molecule has 0 aromatic heterocycles. The fourth-order valence-corrected chi connectivity index (χ4v) is 1.02. The molecule has 0 saturated heterocycles. The predicted molar refractivity (Wildman–Crippen MR) is 54.3 cm³/mol. The largest absolute Gasteiger partial charge is 0.399 e. The summed E-state index contributed by atoms with van der Waals surface area (Å²) < 4.78 is 0. The lowest BCUT2D eigenvalue weighted by Gasteiger charge is -2.00. The van der Waals surface area contributed by atoms with E-state index in [0.29, 0.717) is 11.3 Å². The monoisotopic (exact) mass is 176 g/mol. The van der Waals surface area contributed by atoms with Crippen molar-refractivity contribution in [3.8, 4) is 0 Å². The van der Waals surface area contributed by atoms with Crippen LogP contribution in [-0.4, -0.2) is 13.3 Å². The van der Waals surface area contributed by atoms with Crippen LogP contribution in [0.2, 0.25) is 0 Å². The van der Waals surface area contributed by atoms with E-state index in [1.165, 1.54) is 0 Å². The fourth-order valence-electron chi connectivity index (χ4n) is 1.02. The second-order valence-electron chi connectivity index (χ2n) is 2.63. The van der Waals surface area contributed by atoms with Gasteiger partial charge in [-0.05, 0) is 36.0 Å². The Bertz CT molecular complexity index is 332. The highest BCUT2D eigenvalue weighted by Gasteiger charge is 1.97. The number of nitrogen functional groups attached to an aromatic ring is 1. The zero-order chi connectivity index (χ0) is 9.68. The van der Waals surface area contributed by atoms with Crippen LogP contribution in [-0.2, 0) is 0 Å². The van der Waals surface area contributed by atoms with Crippen molar-refractivity contribution in [3.63, 3.8) is 0 Å². The molecule has 0 spiro atoms. The van der Waals surface area contributed by atoms with Crippen molar-refractivity contribution in [2.75, 3.05) is 12.8 Å². The number of hydrogen-bond acceptors (Lipinski definition) is 3. The van der Waals surface area contributed by atoms with Crippen LogP contribution in [0.15, 0.2) is 24.4 Å². The molecule has 13 heavy (non-hydrogen) atoms. The summed E-state index contributed by atoms with van der Waals surface area (Å²) in [6.45, 7) is 0. The zero-order valence-corrected chi connectivity index (χ0v) is 7.45. The van der Waals surface area contributed by atoms with Crippen LogP contribution in [0.3, 0.4) is 0 Å². The van der Waals surface area contributed by atoms with Gasteiger partial charge in [0.2, 0.25) is 0 Å². The van der Waals surface area contributed by atoms with E-state index in [1.54, 1.807) is 37.5 Å². The number of benzene rings is 1. The van der Waals surface area contributed by atoms with Gasteiger partial charge in [-0.15, -0.1) is 0 Å². The molecule has 3 nitrogen and oxygen atoms in total. The van der Waals surface area contributed by atoms with Gasteiger partial charge in [0.15, 0.2) is 6.29 Å². The van der Waals surface area contributed by atoms with E-state index < -0.39 is 0 Å². The molecule has 0 atom stereocenters. The van der Waals surface area contributed by atoms with Gasteiger partial charge >= 0.3 is 0 Å². The maximum absolute atomic E-state index is 10.6. The van der Waals surface area contributed by atoms with E-state index in [4.69, 9.17) is 5.73 Å². The number of anilines is 1. The van der Waals surface area contributed by atoms with E-state index in [2.05, 4.69) is 5.32 Å². The summed E-state index contributed by atoms with van der Waals surface area (Å²) >= 11 is 0. The van der Waals surface area contributed by atoms with Crippen LogP contribution in [0, 0.1) is 0 Å². The molecule has 1 aromatic carbocycles. The van der Waals surface area contributed by atoms with E-state index in [1.807, 2.05) is 0 Å². The number of rotatable bonds is 3. The average molecular weight is 176 g/mol. The molecule has 1 aromatic rings. The van der Waals surface area contributed by atoms with Crippen LogP contribution < -0.4 is 11.1 Å². The molecule has 3 heteroatoms. The summed E-state index contributed by atoms with van der Waals surface area (Å²) in [7, 11) is 1.80. The van der Waals surface area contributed by atoms with Gasteiger partial charge in [-0.25, -0.2) is 0 Å². The van der Waals surface area contributed by atoms with E-state index in [9.17, 15) is 4.79 Å². The van der Waals surface area contributed by atoms with Gasteiger partial charge in [0.1, 0.15) is 0 Å². The quantitative estimate of drug-likeness (QED) is 0.538. The first-order chi connectivity index (χ1) is 6.27. The van der Waals surface area contributed by atoms with Gasteiger partial charge in [0.25, 0.3) is 0 Å². The van der Waals surface area contributed by atoms with E-state index in [0.717, 1.165) is 11.8 Å². The van der Waals surface area contributed by atoms with Gasteiger partial charge in [0, 0.05) is 18.3 Å². The van der Waals surface area contributed by atoms with E-state index in [-0.39, 0.29) is 0 Å². The standard InChI is InChI=1S/C10H12N2O/c1-12-5-4-8-6-10(11)3-2-9(8)7-13/h2-7,12H,11H2,1H3/b5-4-. The molecule has 0 amide bonds. The summed E-state index contributed by atoms with van der Waals surface area (Å²) in [6, 6.07) is 5.18. The summed E-state index contributed by atoms with van der Waals surface area (Å²) in [5.41, 5.74) is 7.70. The molecule has 0 bridgehead atoms. The molecule has 0 radical (unpaired) electrons. The third-order valence-corrected chi connectivity index (χ3v) is 1.67. The molecular formula is C10H12N2O. The molecule has 0 aliphatic carbocycles. The number of hydrogen-bond donors (Lipinski definition) is 2. The molecule has 0 fully saturated rings. The smallest absolute Gasteiger partial charge is 0.150 e. The summed E-state index contributed by atoms with van der Waals surface area (Å²) in [6.07, 6.45) is 4.37. The Morgan fingerprint density at radius 3 is 2.77 bits per heavy atom. The van der Waals surface area contributed by atoms with E-state index >= 15 is 0 Å². The molecule has 0 unspecified atom stereocenters. The van der Waals surface area contributed by atoms with Gasteiger partial charge in [-0.1, -0.05) is 0 Å². The second-order valence-corrected chi connectivity index (χ2v) is 2.63. The van der Waals surface area contributed by atoms with Gasteiger partial charge in [-0.2, -0.15) is 0 Å². The molecule has 3 N–H and O–H groups in total. The normalized spacial score (nSPS) is 10.2. The Morgan fingerprint density at radius 1 is 1.38 bits per heavy atom. The van der Waals surface area contributed by atoms with Crippen molar-refractivity contribution < 1.29 is 4.79 Å². The highest BCUT2D eigenvalue weighted by atomic mass is 16.1. The third kappa shape index (κ3) is 2.33. The highest BCUT2D eigenvalue weighted by Crippen LogP contribution is 2.13. The minimum atomic E-state index is 0.640. The van der Waals surface area contributed by atoms with Crippen molar-refractivity contribution in [1.82, 2.24) is 5.32 Å². The van der Waals surface area contributed by atoms with Crippen LogP contribution in [0.4, 0.5) is 5.69 Å². The number of nitrogens with one attached hydrogen (secondary N) is 1. The Balaban J connectivity index is 3.08. The van der Waals surface area contributed by atoms with Crippen molar-refractivity contribution in [3.05, 3.63) is 35.5 Å². The van der Waals surface area contributed by atoms with Crippen molar-refractivity contribution in [1.29, 1.82) is 0 Å². The molecule has 0 heterocycles. The third-order valence-electron chi connectivity index (χ3n) is 1.67. The van der Waals surface area contributed by atoms with Crippen LogP contribution in [0.5, 0.6) is 0 Å².